The lowest BCUT2D eigenvalue weighted by Gasteiger charge is -2.23. The molecule has 1 aliphatic heterocycles. The second-order valence-corrected chi connectivity index (χ2v) is 8.17. The van der Waals surface area contributed by atoms with E-state index in [0.717, 1.165) is 22.3 Å². The van der Waals surface area contributed by atoms with Crippen molar-refractivity contribution in [2.75, 3.05) is 0 Å². The minimum atomic E-state index is -0.592. The topological polar surface area (TPSA) is 95.6 Å². The molecular weight excluding hydrogens is 392 g/mol. The molecule has 146 valence electrons. The predicted molar refractivity (Wildman–Crippen MR) is 119 cm³/mol. The average Bonchev–Trinajstić information content (AvgIpc) is 3.06. The number of aryl methyl sites for hydroxylation is 2. The van der Waals surface area contributed by atoms with Gasteiger partial charge in [0.25, 0.3) is 5.56 Å². The summed E-state index contributed by atoms with van der Waals surface area (Å²) in [7, 11) is 0. The Bertz CT molecular complexity index is 1470. The molecule has 1 unspecified atom stereocenters. The number of nitrogens with two attached hydrogens (primary N) is 1. The van der Waals surface area contributed by atoms with Gasteiger partial charge in [0.05, 0.1) is 33.7 Å². The van der Waals surface area contributed by atoms with Gasteiger partial charge in [-0.15, -0.1) is 11.3 Å². The molecule has 0 spiro atoms. The van der Waals surface area contributed by atoms with Crippen molar-refractivity contribution in [2.45, 2.75) is 19.8 Å². The molecule has 2 aromatic carbocycles. The van der Waals surface area contributed by atoms with E-state index in [1.54, 1.807) is 0 Å². The van der Waals surface area contributed by atoms with Gasteiger partial charge in [0, 0.05) is 0 Å². The first-order chi connectivity index (χ1) is 14.5. The number of nitriles is 2. The number of allylic oxidation sites excluding steroid dienone is 1. The zero-order valence-corrected chi connectivity index (χ0v) is 17.3. The zero-order valence-electron chi connectivity index (χ0n) is 16.5. The number of benzene rings is 2. The highest BCUT2D eigenvalue weighted by Gasteiger charge is 2.32. The molecule has 1 atom stereocenters. The molecule has 5 nitrogen and oxygen atoms in total. The summed E-state index contributed by atoms with van der Waals surface area (Å²) in [6.07, 6.45) is 1.81. The third-order valence-electron chi connectivity index (χ3n) is 5.36. The van der Waals surface area contributed by atoms with E-state index < -0.39 is 5.92 Å². The molecule has 4 rings (SSSR count). The van der Waals surface area contributed by atoms with Gasteiger partial charge >= 0.3 is 0 Å². The van der Waals surface area contributed by atoms with Crippen molar-refractivity contribution in [1.82, 2.24) is 4.57 Å². The van der Waals surface area contributed by atoms with Crippen molar-refractivity contribution in [3.63, 3.8) is 0 Å². The SMILES string of the molecule is Cc1ccccc1/C=c1\sc2n(c1=O)C(N)=C(C#N)C(c1ccccc1C)C=2C#N. The van der Waals surface area contributed by atoms with Crippen molar-refractivity contribution in [1.29, 1.82) is 10.5 Å². The quantitative estimate of drug-likeness (QED) is 0.702. The van der Waals surface area contributed by atoms with Gasteiger partial charge in [0.2, 0.25) is 0 Å². The van der Waals surface area contributed by atoms with Crippen LogP contribution >= 0.6 is 11.3 Å². The van der Waals surface area contributed by atoms with Crippen LogP contribution in [0.1, 0.15) is 28.2 Å². The molecule has 1 aliphatic rings. The molecule has 3 aromatic rings. The first-order valence-corrected chi connectivity index (χ1v) is 10.2. The lowest BCUT2D eigenvalue weighted by molar-refractivity contribution is 0.902. The maximum atomic E-state index is 13.2. The number of thiazole rings is 1. The largest absolute Gasteiger partial charge is 0.384 e. The molecule has 0 radical (unpaired) electrons. The fraction of sp³-hybridized carbons (Fsp3) is 0.125. The number of fused-ring (bicyclic) bond motifs is 1. The highest BCUT2D eigenvalue weighted by Crippen LogP contribution is 2.36. The van der Waals surface area contributed by atoms with Gasteiger partial charge in [-0.05, 0) is 42.2 Å². The van der Waals surface area contributed by atoms with E-state index in [2.05, 4.69) is 12.1 Å². The van der Waals surface area contributed by atoms with Crippen LogP contribution in [-0.4, -0.2) is 4.57 Å². The van der Waals surface area contributed by atoms with Crippen LogP contribution in [0.15, 0.2) is 58.9 Å². The van der Waals surface area contributed by atoms with E-state index in [9.17, 15) is 15.3 Å². The molecule has 0 aliphatic carbocycles. The zero-order chi connectivity index (χ0) is 21.4. The molecular formula is C24H18N4OS. The first-order valence-electron chi connectivity index (χ1n) is 9.37. The summed E-state index contributed by atoms with van der Waals surface area (Å²) in [5.41, 5.74) is 10.3. The van der Waals surface area contributed by atoms with Gasteiger partial charge in [-0.25, -0.2) is 0 Å². The maximum absolute atomic E-state index is 13.2. The van der Waals surface area contributed by atoms with Crippen LogP contribution in [-0.2, 0) is 0 Å². The van der Waals surface area contributed by atoms with Crippen LogP contribution in [0.3, 0.4) is 0 Å². The third-order valence-corrected chi connectivity index (χ3v) is 6.47. The molecule has 6 heteroatoms. The Balaban J connectivity index is 2.10. The first kappa shape index (κ1) is 19.4. The monoisotopic (exact) mass is 410 g/mol. The number of hydrogen-bond donors (Lipinski definition) is 1. The lowest BCUT2D eigenvalue weighted by Crippen LogP contribution is -2.38. The van der Waals surface area contributed by atoms with Crippen LogP contribution in [0, 0.1) is 36.5 Å². The van der Waals surface area contributed by atoms with E-state index in [4.69, 9.17) is 5.73 Å². The van der Waals surface area contributed by atoms with Crippen molar-refractivity contribution in [3.8, 4) is 12.1 Å². The Labute approximate surface area is 177 Å². The summed E-state index contributed by atoms with van der Waals surface area (Å²) in [6, 6.07) is 19.8. The van der Waals surface area contributed by atoms with E-state index in [1.807, 2.05) is 68.5 Å². The van der Waals surface area contributed by atoms with E-state index >= 15 is 0 Å². The van der Waals surface area contributed by atoms with Crippen LogP contribution in [0.4, 0.5) is 0 Å². The average molecular weight is 411 g/mol. The molecule has 0 saturated heterocycles. The van der Waals surface area contributed by atoms with Crippen LogP contribution in [0.5, 0.6) is 0 Å². The summed E-state index contributed by atoms with van der Waals surface area (Å²) >= 11 is 1.23. The summed E-state index contributed by atoms with van der Waals surface area (Å²) in [5.74, 6) is -0.504. The standard InChI is InChI=1S/C24H18N4OS/c1-14-7-3-5-9-16(14)11-20-23(29)28-22(27)18(12-25)21(19(13-26)24(28)30-20)17-10-6-4-8-15(17)2/h3-11,21H,27H2,1-2H3/b20-11-. The van der Waals surface area contributed by atoms with Gasteiger partial charge in [-0.2, -0.15) is 10.5 Å². The summed E-state index contributed by atoms with van der Waals surface area (Å²) in [4.78, 5) is 13.2. The molecule has 1 aromatic heterocycles. The van der Waals surface area contributed by atoms with Crippen molar-refractivity contribution >= 4 is 28.8 Å². The summed E-state index contributed by atoms with van der Waals surface area (Å²) in [5, 5.41) is 19.9. The Morgan fingerprint density at radius 3 is 2.27 bits per heavy atom. The highest BCUT2D eigenvalue weighted by molar-refractivity contribution is 7.07. The summed E-state index contributed by atoms with van der Waals surface area (Å²) < 4.78 is 2.26. The number of nitrogens with zero attached hydrogens (tertiary/aromatic N) is 3. The lowest BCUT2D eigenvalue weighted by atomic mass is 9.82. The van der Waals surface area contributed by atoms with Gasteiger partial charge < -0.3 is 5.73 Å². The van der Waals surface area contributed by atoms with Gasteiger partial charge in [0.1, 0.15) is 10.5 Å². The predicted octanol–water partition coefficient (Wildman–Crippen LogP) is 2.48. The highest BCUT2D eigenvalue weighted by atomic mass is 32.1. The molecule has 30 heavy (non-hydrogen) atoms. The fourth-order valence-electron chi connectivity index (χ4n) is 3.76. The molecule has 0 fully saturated rings. The van der Waals surface area contributed by atoms with Gasteiger partial charge in [-0.3, -0.25) is 9.36 Å². The fourth-order valence-corrected chi connectivity index (χ4v) is 4.88. The Morgan fingerprint density at radius 1 is 1.00 bits per heavy atom. The van der Waals surface area contributed by atoms with Gasteiger partial charge in [0.15, 0.2) is 0 Å². The normalized spacial score (nSPS) is 16.2. The maximum Gasteiger partial charge on any atom is 0.274 e. The van der Waals surface area contributed by atoms with Crippen LogP contribution in [0.2, 0.25) is 0 Å². The molecule has 0 saturated carbocycles. The molecule has 2 N–H and O–H groups in total. The van der Waals surface area contributed by atoms with Gasteiger partial charge in [-0.1, -0.05) is 48.5 Å². The number of rotatable bonds is 2. The van der Waals surface area contributed by atoms with E-state index in [0.29, 0.717) is 14.8 Å². The number of aromatic nitrogens is 1. The Kier molecular flexibility index (Phi) is 4.87. The van der Waals surface area contributed by atoms with Crippen LogP contribution < -0.4 is 20.5 Å². The molecule has 0 bridgehead atoms. The minimum absolute atomic E-state index is 0.0884. The van der Waals surface area contributed by atoms with E-state index in [1.165, 1.54) is 15.9 Å². The Hall–Kier alpha value is -3.87. The van der Waals surface area contributed by atoms with Crippen molar-refractivity contribution in [3.05, 3.63) is 95.9 Å². The molecule has 2 heterocycles. The number of hydrogen-bond acceptors (Lipinski definition) is 5. The third kappa shape index (κ3) is 2.95. The van der Waals surface area contributed by atoms with E-state index in [-0.39, 0.29) is 17.0 Å². The second kappa shape index (κ2) is 7.51. The smallest absolute Gasteiger partial charge is 0.274 e. The van der Waals surface area contributed by atoms with Crippen molar-refractivity contribution in [2.24, 2.45) is 5.73 Å². The van der Waals surface area contributed by atoms with Crippen molar-refractivity contribution < 1.29 is 0 Å². The minimum Gasteiger partial charge on any atom is -0.384 e. The summed E-state index contributed by atoms with van der Waals surface area (Å²) in [6.45, 7) is 3.91. The second-order valence-electron chi connectivity index (χ2n) is 7.14. The molecule has 0 amide bonds. The van der Waals surface area contributed by atoms with Crippen LogP contribution in [0.25, 0.3) is 17.5 Å². The Morgan fingerprint density at radius 2 is 1.63 bits per heavy atom.